The number of hydrogen-bond acceptors (Lipinski definition) is 11. The number of carbonyl (C=O) groups is 1. The Kier molecular flexibility index (Phi) is 6.94. The number of benzene rings is 2. The minimum absolute atomic E-state index is 0.000614. The van der Waals surface area contributed by atoms with Crippen LogP contribution < -0.4 is 14.9 Å². The van der Waals surface area contributed by atoms with E-state index in [0.717, 1.165) is 6.07 Å². The first kappa shape index (κ1) is 24.5. The van der Waals surface area contributed by atoms with Crippen LogP contribution in [-0.2, 0) is 14.3 Å². The molecule has 4 rings (SSSR count). The van der Waals surface area contributed by atoms with Crippen molar-refractivity contribution in [3.05, 3.63) is 52.7 Å². The van der Waals surface area contributed by atoms with Gasteiger partial charge in [-0.25, -0.2) is 0 Å². The van der Waals surface area contributed by atoms with Crippen LogP contribution in [0.25, 0.3) is 22.3 Å². The van der Waals surface area contributed by atoms with Crippen molar-refractivity contribution in [2.45, 2.75) is 37.6 Å². The normalized spacial score (nSPS) is 24.2. The molecule has 11 heteroatoms. The lowest BCUT2D eigenvalue weighted by molar-refractivity contribution is -0.278. The zero-order valence-electron chi connectivity index (χ0n) is 18.8. The van der Waals surface area contributed by atoms with Crippen molar-refractivity contribution in [1.29, 1.82) is 0 Å². The number of fused-ring (bicyclic) bond motifs is 1. The van der Waals surface area contributed by atoms with Gasteiger partial charge in [0, 0.05) is 30.7 Å². The van der Waals surface area contributed by atoms with Gasteiger partial charge in [0.2, 0.25) is 6.29 Å². The van der Waals surface area contributed by atoms with Gasteiger partial charge in [0.25, 0.3) is 0 Å². The molecule has 1 fully saturated rings. The number of phenols is 1. The van der Waals surface area contributed by atoms with E-state index in [9.17, 15) is 30.0 Å². The van der Waals surface area contributed by atoms with Gasteiger partial charge in [-0.05, 0) is 24.3 Å². The van der Waals surface area contributed by atoms with Crippen LogP contribution in [0.3, 0.4) is 0 Å². The Bertz CT molecular complexity index is 1270. The third-order valence-electron chi connectivity index (χ3n) is 5.53. The number of aliphatic hydroxyl groups is 3. The molecule has 11 nitrogen and oxygen atoms in total. The van der Waals surface area contributed by atoms with Crippen molar-refractivity contribution in [1.82, 2.24) is 0 Å². The van der Waals surface area contributed by atoms with E-state index in [0.29, 0.717) is 11.3 Å². The molecule has 1 aromatic heterocycles. The summed E-state index contributed by atoms with van der Waals surface area (Å²) in [5.74, 6) is -0.258. The molecular weight excluding hydrogens is 464 g/mol. The molecule has 1 aliphatic heterocycles. The highest BCUT2D eigenvalue weighted by Gasteiger charge is 2.45. The maximum Gasteiger partial charge on any atom is 0.302 e. The van der Waals surface area contributed by atoms with E-state index in [1.54, 1.807) is 24.3 Å². The minimum Gasteiger partial charge on any atom is -0.507 e. The van der Waals surface area contributed by atoms with Gasteiger partial charge < -0.3 is 43.8 Å². The monoisotopic (exact) mass is 488 g/mol. The highest BCUT2D eigenvalue weighted by atomic mass is 16.7. The Hall–Kier alpha value is -3.64. The lowest BCUT2D eigenvalue weighted by Crippen LogP contribution is -2.60. The highest BCUT2D eigenvalue weighted by Crippen LogP contribution is 2.33. The third kappa shape index (κ3) is 5.08. The zero-order chi connectivity index (χ0) is 25.3. The molecule has 4 N–H and O–H groups in total. The molecule has 0 aliphatic carbocycles. The van der Waals surface area contributed by atoms with Gasteiger partial charge in [-0.2, -0.15) is 0 Å². The first-order valence-corrected chi connectivity index (χ1v) is 10.6. The Morgan fingerprint density at radius 1 is 1.00 bits per heavy atom. The number of rotatable bonds is 6. The van der Waals surface area contributed by atoms with E-state index in [2.05, 4.69) is 0 Å². The van der Waals surface area contributed by atoms with E-state index in [4.69, 9.17) is 23.4 Å². The van der Waals surface area contributed by atoms with Crippen LogP contribution in [0.4, 0.5) is 0 Å². The van der Waals surface area contributed by atoms with Crippen LogP contribution in [0.5, 0.6) is 17.2 Å². The summed E-state index contributed by atoms with van der Waals surface area (Å²) in [4.78, 5) is 23.8. The lowest BCUT2D eigenvalue weighted by atomic mass is 9.99. The number of esters is 1. The molecule has 0 saturated carbocycles. The van der Waals surface area contributed by atoms with Crippen molar-refractivity contribution in [2.75, 3.05) is 13.7 Å². The fourth-order valence-corrected chi connectivity index (χ4v) is 3.69. The van der Waals surface area contributed by atoms with Gasteiger partial charge in [0.15, 0.2) is 5.43 Å². The second-order valence-electron chi connectivity index (χ2n) is 7.95. The molecule has 0 radical (unpaired) electrons. The van der Waals surface area contributed by atoms with E-state index in [1.807, 2.05) is 0 Å². The molecule has 2 unspecified atom stereocenters. The first-order valence-electron chi connectivity index (χ1n) is 10.6. The predicted molar refractivity (Wildman–Crippen MR) is 120 cm³/mol. The Balaban J connectivity index is 1.64. The van der Waals surface area contributed by atoms with Crippen LogP contribution in [-0.4, -0.2) is 70.8 Å². The minimum atomic E-state index is -1.67. The molecule has 186 valence electrons. The number of hydrogen-bond donors (Lipinski definition) is 4. The molecule has 0 bridgehead atoms. The number of ether oxygens (including phenoxy) is 4. The Morgan fingerprint density at radius 2 is 1.71 bits per heavy atom. The first-order chi connectivity index (χ1) is 16.7. The summed E-state index contributed by atoms with van der Waals surface area (Å²) in [6.45, 7) is 0.781. The number of phenolic OH excluding ortho intramolecular Hbond substituents is 1. The largest absolute Gasteiger partial charge is 0.507 e. The van der Waals surface area contributed by atoms with Crippen LogP contribution in [0.2, 0.25) is 0 Å². The number of methoxy groups -OCH3 is 1. The van der Waals surface area contributed by atoms with Crippen molar-refractivity contribution in [3.8, 4) is 28.6 Å². The SMILES string of the molecule is COc1ccc(-c2cc(=O)c3c(O)cc(O[C@@H]4OC(COC(C)=O)[C@@H](O)[C@H](O)C4O)cc3o2)cc1. The van der Waals surface area contributed by atoms with Gasteiger partial charge in [-0.15, -0.1) is 0 Å². The molecule has 0 spiro atoms. The number of aliphatic hydroxyl groups excluding tert-OH is 3. The van der Waals surface area contributed by atoms with E-state index >= 15 is 0 Å². The topological polar surface area (TPSA) is 165 Å². The van der Waals surface area contributed by atoms with Crippen molar-refractivity contribution in [3.63, 3.8) is 0 Å². The summed E-state index contributed by atoms with van der Waals surface area (Å²) in [5, 5.41) is 41.0. The van der Waals surface area contributed by atoms with Crippen LogP contribution in [0, 0.1) is 0 Å². The van der Waals surface area contributed by atoms with E-state index in [1.165, 1.54) is 26.2 Å². The molecule has 35 heavy (non-hydrogen) atoms. The van der Waals surface area contributed by atoms with E-state index in [-0.39, 0.29) is 29.1 Å². The molecule has 2 heterocycles. The van der Waals surface area contributed by atoms with Crippen LogP contribution in [0.15, 0.2) is 51.7 Å². The maximum atomic E-state index is 12.7. The number of carbonyl (C=O) groups excluding carboxylic acids is 1. The average Bonchev–Trinajstić information content (AvgIpc) is 2.83. The van der Waals surface area contributed by atoms with Gasteiger partial charge in [0.05, 0.1) is 7.11 Å². The maximum absolute atomic E-state index is 12.7. The quantitative estimate of drug-likeness (QED) is 0.365. The smallest absolute Gasteiger partial charge is 0.302 e. The fourth-order valence-electron chi connectivity index (χ4n) is 3.69. The van der Waals surface area contributed by atoms with Gasteiger partial charge >= 0.3 is 5.97 Å². The molecule has 3 aromatic rings. The highest BCUT2D eigenvalue weighted by molar-refractivity contribution is 5.86. The number of aromatic hydroxyl groups is 1. The molecule has 0 amide bonds. The van der Waals surface area contributed by atoms with Gasteiger partial charge in [0.1, 0.15) is 65.0 Å². The zero-order valence-corrected chi connectivity index (χ0v) is 18.8. The predicted octanol–water partition coefficient (Wildman–Crippen LogP) is 0.924. The molecule has 1 aliphatic rings. The second kappa shape index (κ2) is 9.92. The summed E-state index contributed by atoms with van der Waals surface area (Å²) < 4.78 is 26.9. The lowest BCUT2D eigenvalue weighted by Gasteiger charge is -2.39. The van der Waals surface area contributed by atoms with Crippen molar-refractivity contribution in [2.24, 2.45) is 0 Å². The van der Waals surface area contributed by atoms with Crippen LogP contribution in [0.1, 0.15) is 6.92 Å². The average molecular weight is 488 g/mol. The Labute approximate surface area is 198 Å². The summed E-state index contributed by atoms with van der Waals surface area (Å²) in [5.41, 5.74) is 0.0998. The third-order valence-corrected chi connectivity index (χ3v) is 5.53. The summed E-state index contributed by atoms with van der Waals surface area (Å²) in [6, 6.07) is 10.5. The second-order valence-corrected chi connectivity index (χ2v) is 7.95. The molecule has 2 aromatic carbocycles. The van der Waals surface area contributed by atoms with Gasteiger partial charge in [-0.3, -0.25) is 9.59 Å². The van der Waals surface area contributed by atoms with Gasteiger partial charge in [-0.1, -0.05) is 0 Å². The molecular formula is C24H24O11. The summed E-state index contributed by atoms with van der Waals surface area (Å²) in [6.07, 6.45) is -7.56. The molecule has 1 saturated heterocycles. The van der Waals surface area contributed by atoms with Crippen molar-refractivity contribution >= 4 is 16.9 Å². The molecule has 5 atom stereocenters. The van der Waals surface area contributed by atoms with Crippen LogP contribution >= 0.6 is 0 Å². The summed E-state index contributed by atoms with van der Waals surface area (Å²) >= 11 is 0. The Morgan fingerprint density at radius 3 is 2.37 bits per heavy atom. The van der Waals surface area contributed by atoms with E-state index < -0.39 is 47.9 Å². The van der Waals surface area contributed by atoms with Crippen molar-refractivity contribution < 1.29 is 48.6 Å². The fraction of sp³-hybridized carbons (Fsp3) is 0.333. The summed E-state index contributed by atoms with van der Waals surface area (Å²) in [7, 11) is 1.53. The standard InChI is InChI=1S/C24H24O11/c1-11(25)32-10-19-21(28)22(29)23(30)24(35-19)33-14-7-15(26)20-16(27)9-17(34-18(20)8-14)12-3-5-13(31-2)6-4-12/h3-9,19,21-24,26,28-30H,10H2,1-2H3/t19?,21-,22+,23?,24-/m1/s1.